The fourth-order valence-electron chi connectivity index (χ4n) is 2.23. The smallest absolute Gasteiger partial charge is 0.341 e. The van der Waals surface area contributed by atoms with Gasteiger partial charge >= 0.3 is 5.97 Å². The summed E-state index contributed by atoms with van der Waals surface area (Å²) in [5, 5.41) is 2.67. The summed E-state index contributed by atoms with van der Waals surface area (Å²) in [7, 11) is 2.71. The maximum absolute atomic E-state index is 12.3. The molecule has 0 aliphatic rings. The van der Waals surface area contributed by atoms with E-state index in [1.807, 2.05) is 6.07 Å². The number of amides is 1. The normalized spacial score (nSPS) is 11.7. The van der Waals surface area contributed by atoms with Crippen LogP contribution in [-0.2, 0) is 19.1 Å². The number of anilines is 1. The average Bonchev–Trinajstić information content (AvgIpc) is 2.67. The predicted octanol–water partition coefficient (Wildman–Crippen LogP) is 4.07. The minimum Gasteiger partial charge on any atom is -0.503 e. The zero-order valence-electron chi connectivity index (χ0n) is 14.4. The van der Waals surface area contributed by atoms with Gasteiger partial charge in [0, 0.05) is 5.69 Å². The van der Waals surface area contributed by atoms with E-state index in [1.54, 1.807) is 48.5 Å². The Balaban J connectivity index is 2.33. The van der Waals surface area contributed by atoms with E-state index in [0.717, 1.165) is 0 Å². The van der Waals surface area contributed by atoms with Crippen LogP contribution in [0.25, 0.3) is 11.6 Å². The van der Waals surface area contributed by atoms with E-state index >= 15 is 0 Å². The lowest BCUT2D eigenvalue weighted by atomic mass is 10.00. The van der Waals surface area contributed by atoms with Crippen molar-refractivity contribution in [1.82, 2.24) is 0 Å². The van der Waals surface area contributed by atoms with Crippen molar-refractivity contribution in [3.63, 3.8) is 0 Å². The predicted molar refractivity (Wildman–Crippen MR) is 102 cm³/mol. The van der Waals surface area contributed by atoms with Crippen molar-refractivity contribution >= 4 is 40.8 Å². The molecule has 0 heterocycles. The molecule has 6 heteroatoms. The monoisotopic (exact) mass is 371 g/mol. The molecule has 0 aliphatic heterocycles. The molecular weight excluding hydrogens is 354 g/mol. The van der Waals surface area contributed by atoms with E-state index in [1.165, 1.54) is 26.6 Å². The summed E-state index contributed by atoms with van der Waals surface area (Å²) >= 11 is 6.17. The van der Waals surface area contributed by atoms with E-state index < -0.39 is 11.9 Å². The summed E-state index contributed by atoms with van der Waals surface area (Å²) in [6.45, 7) is 0. The first-order valence-corrected chi connectivity index (χ1v) is 8.09. The molecule has 2 rings (SSSR count). The second kappa shape index (κ2) is 9.44. The molecule has 0 saturated carbocycles. The van der Waals surface area contributed by atoms with Crippen molar-refractivity contribution in [2.75, 3.05) is 19.5 Å². The molecule has 0 spiro atoms. The number of hydrogen-bond donors (Lipinski definition) is 1. The molecule has 0 radical (unpaired) electrons. The van der Waals surface area contributed by atoms with Crippen LogP contribution in [-0.4, -0.2) is 26.1 Å². The van der Waals surface area contributed by atoms with Gasteiger partial charge in [0.1, 0.15) is 10.6 Å². The molecular formula is C20H18ClNO4. The lowest BCUT2D eigenvalue weighted by Gasteiger charge is -2.10. The summed E-state index contributed by atoms with van der Waals surface area (Å²) < 4.78 is 9.76. The number of benzene rings is 2. The molecule has 0 saturated heterocycles. The highest BCUT2D eigenvalue weighted by Gasteiger charge is 2.17. The number of ether oxygens (including phenoxy) is 2. The van der Waals surface area contributed by atoms with Crippen LogP contribution in [0.15, 0.2) is 65.9 Å². The number of esters is 1. The van der Waals surface area contributed by atoms with Gasteiger partial charge in [0.25, 0.3) is 5.91 Å². The molecule has 0 fully saturated rings. The van der Waals surface area contributed by atoms with Crippen LogP contribution < -0.4 is 5.32 Å². The Morgan fingerprint density at radius 2 is 1.65 bits per heavy atom. The third-order valence-corrected chi connectivity index (χ3v) is 3.70. The third kappa shape index (κ3) is 4.97. The molecule has 26 heavy (non-hydrogen) atoms. The van der Waals surface area contributed by atoms with Gasteiger partial charge in [0.05, 0.1) is 20.5 Å². The van der Waals surface area contributed by atoms with Crippen molar-refractivity contribution in [3.8, 4) is 0 Å². The summed E-state index contributed by atoms with van der Waals surface area (Å²) in [6, 6.07) is 16.0. The van der Waals surface area contributed by atoms with Crippen LogP contribution in [0.5, 0.6) is 0 Å². The molecule has 0 aromatic heterocycles. The van der Waals surface area contributed by atoms with E-state index in [-0.39, 0.29) is 10.6 Å². The molecule has 0 atom stereocenters. The molecule has 5 nitrogen and oxygen atoms in total. The molecule has 0 bridgehead atoms. The van der Waals surface area contributed by atoms with Gasteiger partial charge in [-0.1, -0.05) is 54.1 Å². The van der Waals surface area contributed by atoms with Gasteiger partial charge in [0.2, 0.25) is 0 Å². The molecule has 0 unspecified atom stereocenters. The second-order valence-corrected chi connectivity index (χ2v) is 5.57. The molecule has 1 N–H and O–H groups in total. The van der Waals surface area contributed by atoms with E-state index in [0.29, 0.717) is 16.8 Å². The highest BCUT2D eigenvalue weighted by atomic mass is 35.5. The Bertz CT molecular complexity index is 844. The maximum atomic E-state index is 12.3. The number of nitrogens with one attached hydrogen (secondary N) is 1. The van der Waals surface area contributed by atoms with Crippen LogP contribution in [0, 0.1) is 0 Å². The minimum absolute atomic E-state index is 0.0251. The largest absolute Gasteiger partial charge is 0.503 e. The summed E-state index contributed by atoms with van der Waals surface area (Å²) in [4.78, 5) is 24.3. The molecule has 0 aliphatic carbocycles. The van der Waals surface area contributed by atoms with Gasteiger partial charge < -0.3 is 14.8 Å². The van der Waals surface area contributed by atoms with E-state index in [4.69, 9.17) is 21.1 Å². The number of rotatable bonds is 6. The number of para-hydroxylation sites is 1. The summed E-state index contributed by atoms with van der Waals surface area (Å²) in [5.74, 6) is -1.01. The van der Waals surface area contributed by atoms with Gasteiger partial charge in [0.15, 0.2) is 0 Å². The van der Waals surface area contributed by atoms with Crippen molar-refractivity contribution in [2.45, 2.75) is 0 Å². The van der Waals surface area contributed by atoms with Gasteiger partial charge in [-0.15, -0.1) is 0 Å². The first-order chi connectivity index (χ1) is 12.6. The second-order valence-electron chi connectivity index (χ2n) is 5.16. The molecule has 1 amide bonds. The lowest BCUT2D eigenvalue weighted by molar-refractivity contribution is -0.133. The van der Waals surface area contributed by atoms with Crippen LogP contribution >= 0.6 is 11.6 Å². The Hall–Kier alpha value is -3.05. The Kier molecular flexibility index (Phi) is 7.00. The SMILES string of the molecule is COC=C(C(=O)OC)c1ccccc1C=C(Cl)C(=O)Nc1ccccc1. The van der Waals surface area contributed by atoms with Crippen molar-refractivity contribution < 1.29 is 19.1 Å². The van der Waals surface area contributed by atoms with Gasteiger partial charge in [-0.25, -0.2) is 4.79 Å². The average molecular weight is 372 g/mol. The van der Waals surface area contributed by atoms with Gasteiger partial charge in [-0.2, -0.15) is 0 Å². The number of carbonyl (C=O) groups excluding carboxylic acids is 2. The standard InChI is InChI=1S/C20H18ClNO4/c1-25-13-17(20(24)26-2)16-11-7-6-8-14(16)12-18(21)19(23)22-15-9-4-3-5-10-15/h3-13H,1-2H3,(H,22,23). The van der Waals surface area contributed by atoms with Crippen LogP contribution in [0.2, 0.25) is 0 Å². The quantitative estimate of drug-likeness (QED) is 0.472. The van der Waals surface area contributed by atoms with E-state index in [2.05, 4.69) is 5.32 Å². The topological polar surface area (TPSA) is 64.6 Å². The fourth-order valence-corrected chi connectivity index (χ4v) is 2.40. The summed E-state index contributed by atoms with van der Waals surface area (Å²) in [6.07, 6.45) is 2.78. The third-order valence-electron chi connectivity index (χ3n) is 3.42. The van der Waals surface area contributed by atoms with Crippen molar-refractivity contribution in [1.29, 1.82) is 0 Å². The van der Waals surface area contributed by atoms with Gasteiger partial charge in [-0.3, -0.25) is 4.79 Å². The highest BCUT2D eigenvalue weighted by molar-refractivity contribution is 6.45. The van der Waals surface area contributed by atoms with Crippen LogP contribution in [0.1, 0.15) is 11.1 Å². The Morgan fingerprint density at radius 3 is 2.31 bits per heavy atom. The fraction of sp³-hybridized carbons (Fsp3) is 0.100. The molecule has 2 aromatic rings. The number of halogens is 1. The first kappa shape index (κ1) is 19.3. The van der Waals surface area contributed by atoms with Crippen molar-refractivity contribution in [2.24, 2.45) is 0 Å². The maximum Gasteiger partial charge on any atom is 0.341 e. The van der Waals surface area contributed by atoms with E-state index in [9.17, 15) is 9.59 Å². The Morgan fingerprint density at radius 1 is 1.00 bits per heavy atom. The summed E-state index contributed by atoms with van der Waals surface area (Å²) in [5.41, 5.74) is 1.96. The number of hydrogen-bond acceptors (Lipinski definition) is 4. The highest BCUT2D eigenvalue weighted by Crippen LogP contribution is 2.24. The first-order valence-electron chi connectivity index (χ1n) is 7.71. The molecule has 2 aromatic carbocycles. The van der Waals surface area contributed by atoms with Gasteiger partial charge in [-0.05, 0) is 29.3 Å². The Labute approximate surface area is 156 Å². The van der Waals surface area contributed by atoms with Crippen LogP contribution in [0.3, 0.4) is 0 Å². The van der Waals surface area contributed by atoms with Crippen molar-refractivity contribution in [3.05, 3.63) is 77.0 Å². The number of carbonyl (C=O) groups is 2. The zero-order valence-corrected chi connectivity index (χ0v) is 15.1. The lowest BCUT2D eigenvalue weighted by Crippen LogP contribution is -2.11. The molecule has 134 valence electrons. The number of methoxy groups -OCH3 is 2. The van der Waals surface area contributed by atoms with Crippen LogP contribution in [0.4, 0.5) is 5.69 Å². The zero-order chi connectivity index (χ0) is 18.9. The minimum atomic E-state index is -0.558.